The third kappa shape index (κ3) is 2.87. The molecule has 1 saturated carbocycles. The zero-order valence-electron chi connectivity index (χ0n) is 8.84. The fourth-order valence-electron chi connectivity index (χ4n) is 2.29. The zero-order chi connectivity index (χ0) is 9.64. The molecule has 1 fully saturated rings. The summed E-state index contributed by atoms with van der Waals surface area (Å²) in [7, 11) is 0. The summed E-state index contributed by atoms with van der Waals surface area (Å²) in [6, 6.07) is 10.9. The zero-order valence-corrected chi connectivity index (χ0v) is 8.84. The molecule has 0 nitrogen and oxygen atoms in total. The smallest absolute Gasteiger partial charge is 0.0197 e. The average molecular weight is 187 g/mol. The van der Waals surface area contributed by atoms with Gasteiger partial charge >= 0.3 is 0 Å². The van der Waals surface area contributed by atoms with Crippen LogP contribution in [0.5, 0.6) is 0 Å². The second kappa shape index (κ2) is 5.19. The van der Waals surface area contributed by atoms with Crippen LogP contribution in [0.3, 0.4) is 0 Å². The van der Waals surface area contributed by atoms with E-state index < -0.39 is 0 Å². The van der Waals surface area contributed by atoms with Gasteiger partial charge in [0.1, 0.15) is 0 Å². The van der Waals surface area contributed by atoms with Gasteiger partial charge in [0, 0.05) is 0 Å². The molecule has 0 saturated heterocycles. The van der Waals surface area contributed by atoms with Crippen molar-refractivity contribution in [3.63, 3.8) is 0 Å². The average Bonchev–Trinajstić information content (AvgIpc) is 2.48. The van der Waals surface area contributed by atoms with Crippen LogP contribution in [0.1, 0.15) is 44.1 Å². The Morgan fingerprint density at radius 1 is 0.786 bits per heavy atom. The summed E-state index contributed by atoms with van der Waals surface area (Å²) >= 11 is 0. The lowest BCUT2D eigenvalue weighted by Gasteiger charge is -2.12. The molecular formula is C14H19. The molecule has 0 bridgehead atoms. The summed E-state index contributed by atoms with van der Waals surface area (Å²) in [6.45, 7) is 0. The van der Waals surface area contributed by atoms with Gasteiger partial charge in [0.15, 0.2) is 0 Å². The van der Waals surface area contributed by atoms with Gasteiger partial charge in [-0.2, -0.15) is 0 Å². The number of rotatable bonds is 2. The largest absolute Gasteiger partial charge is 0.0622 e. The van der Waals surface area contributed by atoms with Crippen molar-refractivity contribution in [3.8, 4) is 0 Å². The highest BCUT2D eigenvalue weighted by Gasteiger charge is 2.12. The molecule has 0 aromatic heterocycles. The van der Waals surface area contributed by atoms with Crippen LogP contribution in [0.25, 0.3) is 0 Å². The molecule has 1 aromatic carbocycles. The van der Waals surface area contributed by atoms with Crippen molar-refractivity contribution in [2.24, 2.45) is 0 Å². The molecule has 1 aliphatic carbocycles. The minimum atomic E-state index is 1.22. The van der Waals surface area contributed by atoms with Crippen molar-refractivity contribution in [2.45, 2.75) is 44.9 Å². The van der Waals surface area contributed by atoms with Crippen LogP contribution in [-0.2, 0) is 6.42 Å². The van der Waals surface area contributed by atoms with E-state index in [1.165, 1.54) is 50.5 Å². The van der Waals surface area contributed by atoms with E-state index in [9.17, 15) is 0 Å². The molecule has 1 aliphatic rings. The fraction of sp³-hybridized carbons (Fsp3) is 0.500. The maximum atomic E-state index is 2.25. The van der Waals surface area contributed by atoms with Crippen molar-refractivity contribution in [1.82, 2.24) is 0 Å². The van der Waals surface area contributed by atoms with E-state index in [1.54, 1.807) is 5.92 Å². The monoisotopic (exact) mass is 187 g/mol. The van der Waals surface area contributed by atoms with Crippen LogP contribution in [0, 0.1) is 5.92 Å². The molecule has 14 heavy (non-hydrogen) atoms. The molecule has 2 rings (SSSR count). The van der Waals surface area contributed by atoms with Crippen molar-refractivity contribution in [1.29, 1.82) is 0 Å². The van der Waals surface area contributed by atoms with E-state index in [1.807, 2.05) is 0 Å². The molecule has 0 heteroatoms. The van der Waals surface area contributed by atoms with Gasteiger partial charge in [0.2, 0.25) is 0 Å². The predicted octanol–water partition coefficient (Wildman–Crippen LogP) is 4.16. The molecule has 0 heterocycles. The summed E-state index contributed by atoms with van der Waals surface area (Å²) < 4.78 is 0. The van der Waals surface area contributed by atoms with Gasteiger partial charge in [-0.1, -0.05) is 56.0 Å². The fourth-order valence-corrected chi connectivity index (χ4v) is 2.29. The SMILES string of the molecule is c1ccc(C[C]2CCCCCC2)cc1. The highest BCUT2D eigenvalue weighted by Crippen LogP contribution is 2.27. The second-order valence-electron chi connectivity index (χ2n) is 4.33. The van der Waals surface area contributed by atoms with Gasteiger partial charge in [0.25, 0.3) is 0 Å². The van der Waals surface area contributed by atoms with Gasteiger partial charge in [-0.15, -0.1) is 0 Å². The number of hydrogen-bond acceptors (Lipinski definition) is 0. The first-order valence-electron chi connectivity index (χ1n) is 5.82. The van der Waals surface area contributed by atoms with Crippen molar-refractivity contribution >= 4 is 0 Å². The molecule has 0 atom stereocenters. The lowest BCUT2D eigenvalue weighted by atomic mass is 9.93. The summed E-state index contributed by atoms with van der Waals surface area (Å²) in [5, 5.41) is 0. The lowest BCUT2D eigenvalue weighted by Crippen LogP contribution is -2.00. The van der Waals surface area contributed by atoms with Crippen LogP contribution >= 0.6 is 0 Å². The van der Waals surface area contributed by atoms with Gasteiger partial charge in [0.05, 0.1) is 0 Å². The van der Waals surface area contributed by atoms with Crippen molar-refractivity contribution in [2.75, 3.05) is 0 Å². The second-order valence-corrected chi connectivity index (χ2v) is 4.33. The van der Waals surface area contributed by atoms with Crippen LogP contribution in [-0.4, -0.2) is 0 Å². The number of benzene rings is 1. The third-order valence-electron chi connectivity index (χ3n) is 3.11. The van der Waals surface area contributed by atoms with Crippen molar-refractivity contribution in [3.05, 3.63) is 41.8 Å². The van der Waals surface area contributed by atoms with E-state index in [-0.39, 0.29) is 0 Å². The molecule has 0 aliphatic heterocycles. The highest BCUT2D eigenvalue weighted by atomic mass is 14.2. The maximum Gasteiger partial charge on any atom is -0.0197 e. The molecule has 1 radical (unpaired) electrons. The van der Waals surface area contributed by atoms with Crippen LogP contribution in [0.2, 0.25) is 0 Å². The Hall–Kier alpha value is -0.780. The first-order chi connectivity index (χ1) is 6.95. The van der Waals surface area contributed by atoms with Crippen LogP contribution in [0.15, 0.2) is 30.3 Å². The molecule has 0 amide bonds. The quantitative estimate of drug-likeness (QED) is 0.610. The Labute approximate surface area is 87.3 Å². The van der Waals surface area contributed by atoms with E-state index in [4.69, 9.17) is 0 Å². The molecule has 0 spiro atoms. The minimum Gasteiger partial charge on any atom is -0.0622 e. The summed E-state index contributed by atoms with van der Waals surface area (Å²) in [5.41, 5.74) is 1.49. The standard InChI is InChI=1S/C14H19/c1-2-5-9-13(8-4-1)12-14-10-6-3-7-11-14/h3,6-7,10-11H,1-2,4-5,8-9,12H2. The normalized spacial score (nSPS) is 19.1. The molecular weight excluding hydrogens is 168 g/mol. The maximum absolute atomic E-state index is 2.25. The van der Waals surface area contributed by atoms with E-state index >= 15 is 0 Å². The topological polar surface area (TPSA) is 0 Å². The van der Waals surface area contributed by atoms with Gasteiger partial charge in [-0.3, -0.25) is 0 Å². The Balaban J connectivity index is 1.90. The first kappa shape index (κ1) is 9.76. The van der Waals surface area contributed by atoms with E-state index in [0.29, 0.717) is 0 Å². The van der Waals surface area contributed by atoms with Crippen molar-refractivity contribution < 1.29 is 0 Å². The highest BCUT2D eigenvalue weighted by molar-refractivity contribution is 5.19. The van der Waals surface area contributed by atoms with Gasteiger partial charge < -0.3 is 0 Å². The first-order valence-corrected chi connectivity index (χ1v) is 5.82. The van der Waals surface area contributed by atoms with Gasteiger partial charge in [-0.25, -0.2) is 0 Å². The Bertz CT molecular complexity index is 242. The molecule has 0 unspecified atom stereocenters. The molecule has 1 aromatic rings. The van der Waals surface area contributed by atoms with E-state index in [0.717, 1.165) is 0 Å². The minimum absolute atomic E-state index is 1.22. The lowest BCUT2D eigenvalue weighted by molar-refractivity contribution is 0.701. The molecule has 75 valence electrons. The third-order valence-corrected chi connectivity index (χ3v) is 3.11. The Morgan fingerprint density at radius 2 is 1.43 bits per heavy atom. The Morgan fingerprint density at radius 3 is 2.07 bits per heavy atom. The summed E-state index contributed by atoms with van der Waals surface area (Å²) in [6.07, 6.45) is 9.69. The number of hydrogen-bond donors (Lipinski definition) is 0. The summed E-state index contributed by atoms with van der Waals surface area (Å²) in [5.74, 6) is 1.77. The summed E-state index contributed by atoms with van der Waals surface area (Å²) in [4.78, 5) is 0. The van der Waals surface area contributed by atoms with Crippen LogP contribution < -0.4 is 0 Å². The molecule has 0 N–H and O–H groups in total. The predicted molar refractivity (Wildman–Crippen MR) is 61.1 cm³/mol. The van der Waals surface area contributed by atoms with Gasteiger partial charge in [-0.05, 0) is 30.7 Å². The van der Waals surface area contributed by atoms with Crippen LogP contribution in [0.4, 0.5) is 0 Å². The Kier molecular flexibility index (Phi) is 3.62. The van der Waals surface area contributed by atoms with E-state index in [2.05, 4.69) is 30.3 Å².